The number of aliphatic hydroxyl groups is 1. The van der Waals surface area contributed by atoms with Crippen molar-refractivity contribution < 1.29 is 14.6 Å². The highest BCUT2D eigenvalue weighted by Gasteiger charge is 2.51. The van der Waals surface area contributed by atoms with Crippen LogP contribution in [-0.2, 0) is 10.3 Å². The predicted octanol–water partition coefficient (Wildman–Crippen LogP) is 2.70. The molecule has 2 saturated heterocycles. The maximum atomic E-state index is 12.5. The number of carbonyl (C=O) groups excluding carboxylic acids is 1. The van der Waals surface area contributed by atoms with Crippen molar-refractivity contribution >= 4 is 6.09 Å². The average molecular weight is 329 g/mol. The van der Waals surface area contributed by atoms with Gasteiger partial charge in [-0.15, -0.1) is 0 Å². The summed E-state index contributed by atoms with van der Waals surface area (Å²) in [4.78, 5) is 18.3. The molecule has 0 saturated carbocycles. The molecule has 2 fully saturated rings. The van der Waals surface area contributed by atoms with Gasteiger partial charge < -0.3 is 14.7 Å². The lowest BCUT2D eigenvalue weighted by Gasteiger charge is -2.44. The number of hydrogen-bond acceptors (Lipinski definition) is 5. The zero-order valence-corrected chi connectivity index (χ0v) is 14.3. The first kappa shape index (κ1) is 16.7. The molecule has 2 unspecified atom stereocenters. The van der Waals surface area contributed by atoms with Gasteiger partial charge in [-0.1, -0.05) is 0 Å². The molecule has 0 aliphatic carbocycles. The lowest BCUT2D eigenvalue weighted by atomic mass is 9.81. The molecular weight excluding hydrogens is 306 g/mol. The lowest BCUT2D eigenvalue weighted by Crippen LogP contribution is -2.53. The summed E-state index contributed by atoms with van der Waals surface area (Å²) in [5.74, 6) is 0. The van der Waals surface area contributed by atoms with Crippen LogP contribution in [0.3, 0.4) is 0 Å². The summed E-state index contributed by atoms with van der Waals surface area (Å²) in [5, 5.41) is 20.2. The van der Waals surface area contributed by atoms with Gasteiger partial charge in [0.2, 0.25) is 0 Å². The Hall–Kier alpha value is -2.13. The van der Waals surface area contributed by atoms with Crippen molar-refractivity contribution in [2.24, 2.45) is 0 Å². The first-order valence-electron chi connectivity index (χ1n) is 8.31. The van der Waals surface area contributed by atoms with Gasteiger partial charge in [0.15, 0.2) is 0 Å². The normalized spacial score (nSPS) is 29.2. The van der Waals surface area contributed by atoms with E-state index in [4.69, 9.17) is 10.00 Å². The lowest BCUT2D eigenvalue weighted by molar-refractivity contribution is -0.0626. The van der Waals surface area contributed by atoms with Gasteiger partial charge in [0.25, 0.3) is 0 Å². The topological polar surface area (TPSA) is 86.4 Å². The molecule has 2 aliphatic heterocycles. The number of rotatable bonds is 1. The molecule has 3 rings (SSSR count). The van der Waals surface area contributed by atoms with Gasteiger partial charge in [-0.05, 0) is 39.7 Å². The SMILES string of the molecule is CC(C)(C)OC(=O)N1C2CCC1CC(O)(c1cncc(C#N)c1)C2. The van der Waals surface area contributed by atoms with E-state index in [9.17, 15) is 9.90 Å². The number of nitrogens with zero attached hydrogens (tertiary/aromatic N) is 3. The molecule has 1 aromatic heterocycles. The highest BCUT2D eigenvalue weighted by molar-refractivity contribution is 5.69. The summed E-state index contributed by atoms with van der Waals surface area (Å²) in [7, 11) is 0. The summed E-state index contributed by atoms with van der Waals surface area (Å²) in [5.41, 5.74) is -0.496. The van der Waals surface area contributed by atoms with E-state index in [1.165, 1.54) is 6.20 Å². The van der Waals surface area contributed by atoms with E-state index in [1.54, 1.807) is 17.2 Å². The Bertz CT molecular complexity index is 675. The summed E-state index contributed by atoms with van der Waals surface area (Å²) in [6.07, 6.45) is 5.40. The molecule has 24 heavy (non-hydrogen) atoms. The standard InChI is InChI=1S/C18H23N3O3/c1-17(2,3)24-16(22)21-14-4-5-15(21)8-18(23,7-14)13-6-12(9-19)10-20-11-13/h6,10-11,14-15,23H,4-5,7-8H2,1-3H3. The highest BCUT2D eigenvalue weighted by Crippen LogP contribution is 2.46. The minimum absolute atomic E-state index is 0.0469. The Labute approximate surface area is 142 Å². The summed E-state index contributed by atoms with van der Waals surface area (Å²) in [6, 6.07) is 3.65. The second kappa shape index (κ2) is 5.75. The van der Waals surface area contributed by atoms with E-state index in [0.29, 0.717) is 24.0 Å². The van der Waals surface area contributed by atoms with Crippen LogP contribution in [0.2, 0.25) is 0 Å². The molecule has 3 heterocycles. The summed E-state index contributed by atoms with van der Waals surface area (Å²) >= 11 is 0. The van der Waals surface area contributed by atoms with Gasteiger partial charge in [-0.2, -0.15) is 5.26 Å². The highest BCUT2D eigenvalue weighted by atomic mass is 16.6. The van der Waals surface area contributed by atoms with Crippen molar-refractivity contribution in [1.82, 2.24) is 9.88 Å². The molecule has 128 valence electrons. The molecular formula is C18H23N3O3. The third-order valence-electron chi connectivity index (χ3n) is 4.78. The van der Waals surface area contributed by atoms with E-state index in [1.807, 2.05) is 20.8 Å². The number of carbonyl (C=O) groups is 1. The number of ether oxygens (including phenoxy) is 1. The van der Waals surface area contributed by atoms with Crippen LogP contribution >= 0.6 is 0 Å². The number of amides is 1. The van der Waals surface area contributed by atoms with Gasteiger partial charge in [-0.25, -0.2) is 4.79 Å². The first-order valence-corrected chi connectivity index (χ1v) is 8.31. The van der Waals surface area contributed by atoms with E-state index in [2.05, 4.69) is 11.1 Å². The Kier molecular flexibility index (Phi) is 4.00. The smallest absolute Gasteiger partial charge is 0.410 e. The van der Waals surface area contributed by atoms with Crippen LogP contribution in [0.4, 0.5) is 4.79 Å². The van der Waals surface area contributed by atoms with Crippen molar-refractivity contribution in [1.29, 1.82) is 5.26 Å². The molecule has 0 spiro atoms. The van der Waals surface area contributed by atoms with Crippen LogP contribution in [0.25, 0.3) is 0 Å². The zero-order chi connectivity index (χ0) is 17.5. The Balaban J connectivity index is 1.82. The van der Waals surface area contributed by atoms with Crippen molar-refractivity contribution in [3.8, 4) is 6.07 Å². The van der Waals surface area contributed by atoms with Gasteiger partial charge in [0.1, 0.15) is 11.7 Å². The number of hydrogen-bond donors (Lipinski definition) is 1. The first-order chi connectivity index (χ1) is 11.2. The predicted molar refractivity (Wildman–Crippen MR) is 87.0 cm³/mol. The quantitative estimate of drug-likeness (QED) is 0.856. The van der Waals surface area contributed by atoms with Crippen LogP contribution < -0.4 is 0 Å². The minimum Gasteiger partial charge on any atom is -0.444 e. The fourth-order valence-corrected chi connectivity index (χ4v) is 3.83. The number of fused-ring (bicyclic) bond motifs is 2. The molecule has 1 aromatic rings. The van der Waals surface area contributed by atoms with Crippen molar-refractivity contribution in [2.45, 2.75) is 69.7 Å². The Morgan fingerprint density at radius 3 is 2.54 bits per heavy atom. The molecule has 2 atom stereocenters. The van der Waals surface area contributed by atoms with Crippen molar-refractivity contribution in [3.05, 3.63) is 29.6 Å². The van der Waals surface area contributed by atoms with Crippen LogP contribution in [0.15, 0.2) is 18.5 Å². The second-order valence-electron chi connectivity index (χ2n) is 7.79. The number of nitriles is 1. The third kappa shape index (κ3) is 3.09. The third-order valence-corrected chi connectivity index (χ3v) is 4.78. The Morgan fingerprint density at radius 1 is 1.38 bits per heavy atom. The molecule has 2 aliphatic rings. The molecule has 2 bridgehead atoms. The number of piperidine rings is 1. The van der Waals surface area contributed by atoms with E-state index >= 15 is 0 Å². The summed E-state index contributed by atoms with van der Waals surface area (Å²) < 4.78 is 5.52. The van der Waals surface area contributed by atoms with Gasteiger partial charge in [0.05, 0.1) is 11.2 Å². The minimum atomic E-state index is -1.05. The van der Waals surface area contributed by atoms with Gasteiger partial charge >= 0.3 is 6.09 Å². The molecule has 6 heteroatoms. The van der Waals surface area contributed by atoms with Crippen LogP contribution in [0.1, 0.15) is 57.6 Å². The zero-order valence-electron chi connectivity index (χ0n) is 14.3. The number of aromatic nitrogens is 1. The molecule has 6 nitrogen and oxygen atoms in total. The molecule has 1 N–H and O–H groups in total. The van der Waals surface area contributed by atoms with Crippen molar-refractivity contribution in [3.63, 3.8) is 0 Å². The monoisotopic (exact) mass is 329 g/mol. The van der Waals surface area contributed by atoms with E-state index in [-0.39, 0.29) is 18.2 Å². The molecule has 1 amide bonds. The Morgan fingerprint density at radius 2 is 2.00 bits per heavy atom. The maximum Gasteiger partial charge on any atom is 0.410 e. The second-order valence-corrected chi connectivity index (χ2v) is 7.79. The summed E-state index contributed by atoms with van der Waals surface area (Å²) in [6.45, 7) is 5.56. The van der Waals surface area contributed by atoms with Crippen LogP contribution in [0.5, 0.6) is 0 Å². The van der Waals surface area contributed by atoms with Gasteiger partial charge in [-0.3, -0.25) is 4.98 Å². The van der Waals surface area contributed by atoms with Crippen molar-refractivity contribution in [2.75, 3.05) is 0 Å². The average Bonchev–Trinajstić information content (AvgIpc) is 2.78. The maximum absolute atomic E-state index is 12.5. The molecule has 0 radical (unpaired) electrons. The number of pyridine rings is 1. The fourth-order valence-electron chi connectivity index (χ4n) is 3.83. The van der Waals surface area contributed by atoms with E-state index in [0.717, 1.165) is 12.8 Å². The van der Waals surface area contributed by atoms with Crippen LogP contribution in [0, 0.1) is 11.3 Å². The molecule has 0 aromatic carbocycles. The van der Waals surface area contributed by atoms with E-state index < -0.39 is 11.2 Å². The van der Waals surface area contributed by atoms with Gasteiger partial charge in [0, 0.05) is 42.9 Å². The largest absolute Gasteiger partial charge is 0.444 e. The fraction of sp³-hybridized carbons (Fsp3) is 0.611. The van der Waals surface area contributed by atoms with Crippen LogP contribution in [-0.4, -0.2) is 38.8 Å².